The average molecular weight is 607 g/mol. The number of hydrogen-bond acceptors (Lipinski definition) is 0. The van der Waals surface area contributed by atoms with Crippen LogP contribution in [0.15, 0.2) is 42.0 Å². The summed E-state index contributed by atoms with van der Waals surface area (Å²) in [5.41, 5.74) is 7.82. The van der Waals surface area contributed by atoms with Crippen molar-refractivity contribution in [1.82, 2.24) is 0 Å². The standard InChI is InChI=1S/C44H78/c1-31(2)27-37(8,9)39(12,13)29-41(16,17)43(20,21)34-24-33(36(5,6)7)25-35(26-34)44(22,23)42(18,19)30-40(14,15)38(10,11)28-32(3)4/h24-26,28H,1,27,29-30H2,2-23H3. The highest BCUT2D eigenvalue weighted by atomic mass is 14.5. The third kappa shape index (κ3) is 8.53. The largest absolute Gasteiger partial charge is 0.100 e. The molecule has 0 aliphatic carbocycles. The van der Waals surface area contributed by atoms with E-state index in [-0.39, 0.29) is 48.7 Å². The Bertz CT molecular complexity index is 1190. The van der Waals surface area contributed by atoms with Crippen LogP contribution in [0.2, 0.25) is 0 Å². The Hall–Kier alpha value is -1.30. The first kappa shape index (κ1) is 40.7. The van der Waals surface area contributed by atoms with E-state index < -0.39 is 0 Å². The molecule has 0 saturated heterocycles. The summed E-state index contributed by atoms with van der Waals surface area (Å²) < 4.78 is 0. The smallest absolute Gasteiger partial charge is 0.00520 e. The molecule has 0 unspecified atom stereocenters. The van der Waals surface area contributed by atoms with E-state index in [4.69, 9.17) is 0 Å². The van der Waals surface area contributed by atoms with Gasteiger partial charge in [-0.15, -0.1) is 6.58 Å². The van der Waals surface area contributed by atoms with E-state index in [1.165, 1.54) is 27.8 Å². The second-order valence-corrected chi connectivity index (χ2v) is 21.1. The minimum atomic E-state index is -0.0235. The lowest BCUT2D eigenvalue weighted by Crippen LogP contribution is -2.45. The predicted octanol–water partition coefficient (Wildman–Crippen LogP) is 14.4. The molecule has 0 heterocycles. The summed E-state index contributed by atoms with van der Waals surface area (Å²) in [4.78, 5) is 0. The molecular weight excluding hydrogens is 528 g/mol. The first-order chi connectivity index (χ1) is 19.1. The molecule has 0 amide bonds. The van der Waals surface area contributed by atoms with Crippen molar-refractivity contribution >= 4 is 0 Å². The minimum absolute atomic E-state index is 0.0233. The molecule has 0 radical (unpaired) electrons. The van der Waals surface area contributed by atoms with Crippen LogP contribution < -0.4 is 0 Å². The quantitative estimate of drug-likeness (QED) is 0.196. The lowest BCUT2D eigenvalue weighted by molar-refractivity contribution is 0.0225. The molecule has 44 heavy (non-hydrogen) atoms. The van der Waals surface area contributed by atoms with Crippen molar-refractivity contribution in [2.24, 2.45) is 32.5 Å². The number of allylic oxidation sites excluding steroid dienone is 3. The molecule has 1 aromatic carbocycles. The van der Waals surface area contributed by atoms with Gasteiger partial charge in [0.05, 0.1) is 0 Å². The monoisotopic (exact) mass is 607 g/mol. The zero-order chi connectivity index (χ0) is 35.3. The van der Waals surface area contributed by atoms with E-state index in [0.717, 1.165) is 19.3 Å². The third-order valence-corrected chi connectivity index (χ3v) is 13.4. The minimum Gasteiger partial charge on any atom is -0.100 e. The second kappa shape index (κ2) is 12.4. The predicted molar refractivity (Wildman–Crippen MR) is 202 cm³/mol. The Kier molecular flexibility index (Phi) is 11.5. The van der Waals surface area contributed by atoms with Crippen LogP contribution in [0.5, 0.6) is 0 Å². The van der Waals surface area contributed by atoms with Crippen LogP contribution in [0.3, 0.4) is 0 Å². The van der Waals surface area contributed by atoms with Gasteiger partial charge in [0.15, 0.2) is 0 Å². The van der Waals surface area contributed by atoms with Crippen LogP contribution >= 0.6 is 0 Å². The van der Waals surface area contributed by atoms with Gasteiger partial charge in [-0.2, -0.15) is 0 Å². The van der Waals surface area contributed by atoms with Gasteiger partial charge in [0.25, 0.3) is 0 Å². The molecule has 1 aromatic rings. The summed E-state index contributed by atoms with van der Waals surface area (Å²) >= 11 is 0. The topological polar surface area (TPSA) is 0 Å². The Morgan fingerprint density at radius 1 is 0.500 bits per heavy atom. The SMILES string of the molecule is C=C(C)CC(C)(C)C(C)(C)CC(C)(C)C(C)(C)c1cc(C(C)(C)C)cc(C(C)(C)C(C)(C)CC(C)(C)C(C)(C)C=C(C)C)c1. The highest BCUT2D eigenvalue weighted by Gasteiger charge is 2.49. The maximum atomic E-state index is 4.28. The maximum absolute atomic E-state index is 4.28. The molecule has 1 rings (SSSR count). The van der Waals surface area contributed by atoms with Gasteiger partial charge in [0, 0.05) is 0 Å². The molecule has 0 N–H and O–H groups in total. The van der Waals surface area contributed by atoms with Gasteiger partial charge in [-0.05, 0) is 105 Å². The Balaban J connectivity index is 3.83. The van der Waals surface area contributed by atoms with Crippen molar-refractivity contribution in [3.05, 3.63) is 58.7 Å². The van der Waals surface area contributed by atoms with E-state index in [1.54, 1.807) is 0 Å². The highest BCUT2D eigenvalue weighted by molar-refractivity contribution is 5.42. The van der Waals surface area contributed by atoms with Crippen molar-refractivity contribution < 1.29 is 0 Å². The van der Waals surface area contributed by atoms with Crippen molar-refractivity contribution in [3.63, 3.8) is 0 Å². The first-order valence-electron chi connectivity index (χ1n) is 17.5. The summed E-state index contributed by atoms with van der Waals surface area (Å²) in [5.74, 6) is 0. The molecule has 0 heteroatoms. The molecule has 0 saturated carbocycles. The summed E-state index contributed by atoms with van der Waals surface area (Å²) in [7, 11) is 0. The molecule has 0 spiro atoms. The zero-order valence-corrected chi connectivity index (χ0v) is 34.1. The normalized spacial score (nSPS) is 15.0. The Morgan fingerprint density at radius 3 is 1.16 bits per heavy atom. The molecule has 0 bridgehead atoms. The molecule has 0 aliphatic rings. The van der Waals surface area contributed by atoms with Gasteiger partial charge in [-0.3, -0.25) is 0 Å². The van der Waals surface area contributed by atoms with Crippen LogP contribution in [0, 0.1) is 32.5 Å². The molecule has 254 valence electrons. The summed E-state index contributed by atoms with van der Waals surface area (Å²) in [6, 6.07) is 7.68. The Labute approximate surface area is 278 Å². The number of hydrogen-bond donors (Lipinski definition) is 0. The van der Waals surface area contributed by atoms with Crippen LogP contribution in [0.1, 0.15) is 188 Å². The van der Waals surface area contributed by atoms with Crippen molar-refractivity contribution in [2.45, 2.75) is 188 Å². The summed E-state index contributed by atoms with van der Waals surface area (Å²) in [6.07, 6.45) is 5.83. The number of rotatable bonds is 13. The van der Waals surface area contributed by atoms with E-state index >= 15 is 0 Å². The molecule has 0 aromatic heterocycles. The zero-order valence-electron chi connectivity index (χ0n) is 34.1. The van der Waals surface area contributed by atoms with Crippen LogP contribution in [0.4, 0.5) is 0 Å². The average Bonchev–Trinajstić information content (AvgIpc) is 2.74. The van der Waals surface area contributed by atoms with Crippen LogP contribution in [0.25, 0.3) is 0 Å². The van der Waals surface area contributed by atoms with Crippen molar-refractivity contribution in [3.8, 4) is 0 Å². The number of benzene rings is 1. The summed E-state index contributed by atoms with van der Waals surface area (Å²) in [5, 5.41) is 0. The van der Waals surface area contributed by atoms with E-state index in [1.807, 2.05) is 0 Å². The van der Waals surface area contributed by atoms with E-state index in [9.17, 15) is 0 Å². The third-order valence-electron chi connectivity index (χ3n) is 13.4. The first-order valence-corrected chi connectivity index (χ1v) is 17.5. The summed E-state index contributed by atoms with van der Waals surface area (Å²) in [6.45, 7) is 57.7. The van der Waals surface area contributed by atoms with Crippen molar-refractivity contribution in [2.75, 3.05) is 0 Å². The van der Waals surface area contributed by atoms with Gasteiger partial charge in [-0.25, -0.2) is 0 Å². The molecule has 0 fully saturated rings. The maximum Gasteiger partial charge on any atom is -0.00520 e. The fraction of sp³-hybridized carbons (Fsp3) is 0.773. The molecule has 0 atom stereocenters. The van der Waals surface area contributed by atoms with E-state index in [2.05, 4.69) is 183 Å². The lowest BCUT2D eigenvalue weighted by Gasteiger charge is -2.53. The van der Waals surface area contributed by atoms with Gasteiger partial charge in [0.1, 0.15) is 0 Å². The fourth-order valence-corrected chi connectivity index (χ4v) is 7.59. The van der Waals surface area contributed by atoms with Crippen LogP contribution in [-0.2, 0) is 16.2 Å². The highest BCUT2D eigenvalue weighted by Crippen LogP contribution is 2.57. The van der Waals surface area contributed by atoms with Gasteiger partial charge < -0.3 is 0 Å². The second-order valence-electron chi connectivity index (χ2n) is 21.1. The van der Waals surface area contributed by atoms with Crippen LogP contribution in [-0.4, -0.2) is 0 Å². The molecule has 0 nitrogen and oxygen atoms in total. The van der Waals surface area contributed by atoms with Gasteiger partial charge >= 0.3 is 0 Å². The van der Waals surface area contributed by atoms with Crippen molar-refractivity contribution in [1.29, 1.82) is 0 Å². The van der Waals surface area contributed by atoms with Gasteiger partial charge in [-0.1, -0.05) is 167 Å². The van der Waals surface area contributed by atoms with Gasteiger partial charge in [0.2, 0.25) is 0 Å². The van der Waals surface area contributed by atoms with E-state index in [0.29, 0.717) is 0 Å². The lowest BCUT2D eigenvalue weighted by atomic mass is 9.52. The molecular formula is C44H78. The molecule has 0 aliphatic heterocycles. The Morgan fingerprint density at radius 2 is 0.841 bits per heavy atom. The fourth-order valence-electron chi connectivity index (χ4n) is 7.59.